The molecule has 21 heavy (non-hydrogen) atoms. The molecule has 0 radical (unpaired) electrons. The van der Waals surface area contributed by atoms with Crippen molar-refractivity contribution in [1.82, 2.24) is 9.78 Å². The van der Waals surface area contributed by atoms with Gasteiger partial charge in [-0.15, -0.1) is 0 Å². The van der Waals surface area contributed by atoms with E-state index in [-0.39, 0.29) is 5.78 Å². The van der Waals surface area contributed by atoms with E-state index in [1.807, 2.05) is 54.6 Å². The summed E-state index contributed by atoms with van der Waals surface area (Å²) < 4.78 is 1.67. The van der Waals surface area contributed by atoms with Crippen LogP contribution in [0, 0.1) is 0 Å². The Morgan fingerprint density at radius 3 is 2.33 bits per heavy atom. The highest BCUT2D eigenvalue weighted by Gasteiger charge is 2.14. The van der Waals surface area contributed by atoms with Crippen LogP contribution < -0.4 is 0 Å². The second-order valence-corrected chi connectivity index (χ2v) is 5.16. The van der Waals surface area contributed by atoms with Gasteiger partial charge in [0.2, 0.25) is 0 Å². The standard InChI is InChI=1S/C17H13ClN2O/c1-12(21)17-11-16(13-7-9-14(18)10-8-13)19-20(17)15-5-3-2-4-6-15/h2-11H,1H3. The molecule has 1 heterocycles. The van der Waals surface area contributed by atoms with Crippen molar-refractivity contribution in [3.05, 3.63) is 71.4 Å². The summed E-state index contributed by atoms with van der Waals surface area (Å²) in [7, 11) is 0. The van der Waals surface area contributed by atoms with Gasteiger partial charge in [-0.25, -0.2) is 4.68 Å². The maximum absolute atomic E-state index is 11.9. The summed E-state index contributed by atoms with van der Waals surface area (Å²) in [6, 6.07) is 18.8. The average Bonchev–Trinajstić information content (AvgIpc) is 2.94. The third-order valence-corrected chi connectivity index (χ3v) is 3.46. The molecule has 0 unspecified atom stereocenters. The van der Waals surface area contributed by atoms with Crippen LogP contribution in [0.15, 0.2) is 60.7 Å². The van der Waals surface area contributed by atoms with Gasteiger partial charge in [0.25, 0.3) is 0 Å². The number of rotatable bonds is 3. The van der Waals surface area contributed by atoms with E-state index in [4.69, 9.17) is 11.6 Å². The van der Waals surface area contributed by atoms with Gasteiger partial charge in [0.15, 0.2) is 5.78 Å². The van der Waals surface area contributed by atoms with Gasteiger partial charge < -0.3 is 0 Å². The lowest BCUT2D eigenvalue weighted by Gasteiger charge is -2.04. The number of aromatic nitrogens is 2. The minimum absolute atomic E-state index is 0.0217. The molecule has 0 saturated carbocycles. The molecule has 3 rings (SSSR count). The normalized spacial score (nSPS) is 10.6. The zero-order chi connectivity index (χ0) is 14.8. The highest BCUT2D eigenvalue weighted by molar-refractivity contribution is 6.30. The molecule has 3 nitrogen and oxygen atoms in total. The molecule has 0 spiro atoms. The molecular weight excluding hydrogens is 284 g/mol. The summed E-state index contributed by atoms with van der Waals surface area (Å²) in [4.78, 5) is 11.9. The highest BCUT2D eigenvalue weighted by Crippen LogP contribution is 2.23. The molecule has 0 aliphatic carbocycles. The molecular formula is C17H13ClN2O. The van der Waals surface area contributed by atoms with Gasteiger partial charge in [0.1, 0.15) is 5.69 Å². The minimum atomic E-state index is -0.0217. The Hall–Kier alpha value is -2.39. The summed E-state index contributed by atoms with van der Waals surface area (Å²) in [6.07, 6.45) is 0. The van der Waals surface area contributed by atoms with Crippen molar-refractivity contribution in [3.8, 4) is 16.9 Å². The van der Waals surface area contributed by atoms with Gasteiger partial charge in [0, 0.05) is 17.5 Å². The van der Waals surface area contributed by atoms with E-state index < -0.39 is 0 Å². The van der Waals surface area contributed by atoms with Crippen LogP contribution in [0.4, 0.5) is 0 Å². The second kappa shape index (κ2) is 5.54. The van der Waals surface area contributed by atoms with Crippen LogP contribution in [-0.2, 0) is 0 Å². The number of para-hydroxylation sites is 1. The molecule has 0 bridgehead atoms. The first-order valence-electron chi connectivity index (χ1n) is 6.57. The van der Waals surface area contributed by atoms with Crippen molar-refractivity contribution in [2.24, 2.45) is 0 Å². The predicted octanol–water partition coefficient (Wildman–Crippen LogP) is 4.40. The summed E-state index contributed by atoms with van der Waals surface area (Å²) >= 11 is 5.90. The molecule has 0 aliphatic heterocycles. The van der Waals surface area contributed by atoms with Crippen molar-refractivity contribution >= 4 is 17.4 Å². The third kappa shape index (κ3) is 2.73. The first-order chi connectivity index (χ1) is 10.1. The fourth-order valence-electron chi connectivity index (χ4n) is 2.16. The van der Waals surface area contributed by atoms with E-state index in [2.05, 4.69) is 5.10 Å². The number of benzene rings is 2. The van der Waals surface area contributed by atoms with Crippen molar-refractivity contribution in [3.63, 3.8) is 0 Å². The summed E-state index contributed by atoms with van der Waals surface area (Å²) in [5.41, 5.74) is 3.10. The first kappa shape index (κ1) is 13.6. The molecule has 0 fully saturated rings. The first-order valence-corrected chi connectivity index (χ1v) is 6.95. The van der Waals surface area contributed by atoms with Crippen LogP contribution in [0.25, 0.3) is 16.9 Å². The van der Waals surface area contributed by atoms with Gasteiger partial charge in [-0.3, -0.25) is 4.79 Å². The molecule has 2 aromatic carbocycles. The molecule has 3 aromatic rings. The van der Waals surface area contributed by atoms with Gasteiger partial charge >= 0.3 is 0 Å². The van der Waals surface area contributed by atoms with Gasteiger partial charge in [-0.1, -0.05) is 41.9 Å². The van der Waals surface area contributed by atoms with Crippen LogP contribution in [0.3, 0.4) is 0 Å². The van der Waals surface area contributed by atoms with E-state index in [9.17, 15) is 4.79 Å². The number of ketones is 1. The lowest BCUT2D eigenvalue weighted by molar-refractivity contribution is 0.101. The number of nitrogens with zero attached hydrogens (tertiary/aromatic N) is 2. The minimum Gasteiger partial charge on any atom is -0.293 e. The van der Waals surface area contributed by atoms with Crippen LogP contribution in [0.1, 0.15) is 17.4 Å². The molecule has 0 amide bonds. The smallest absolute Gasteiger partial charge is 0.178 e. The number of carbonyl (C=O) groups excluding carboxylic acids is 1. The van der Waals surface area contributed by atoms with Crippen molar-refractivity contribution in [2.45, 2.75) is 6.92 Å². The summed E-state index contributed by atoms with van der Waals surface area (Å²) in [5, 5.41) is 5.23. The summed E-state index contributed by atoms with van der Waals surface area (Å²) in [6.45, 7) is 1.54. The second-order valence-electron chi connectivity index (χ2n) is 4.73. The molecule has 0 aliphatic rings. The van der Waals surface area contributed by atoms with E-state index in [1.54, 1.807) is 17.7 Å². The number of Topliss-reactive ketones (excluding diaryl/α,β-unsaturated/α-hetero) is 1. The van der Waals surface area contributed by atoms with Gasteiger partial charge in [-0.2, -0.15) is 5.10 Å². The van der Waals surface area contributed by atoms with Crippen molar-refractivity contribution in [1.29, 1.82) is 0 Å². The van der Waals surface area contributed by atoms with Crippen LogP contribution in [0.5, 0.6) is 0 Å². The van der Waals surface area contributed by atoms with Crippen LogP contribution in [0.2, 0.25) is 5.02 Å². The number of hydrogen-bond donors (Lipinski definition) is 0. The maximum atomic E-state index is 11.9. The zero-order valence-electron chi connectivity index (χ0n) is 11.5. The van der Waals surface area contributed by atoms with Crippen LogP contribution >= 0.6 is 11.6 Å². The number of carbonyl (C=O) groups is 1. The predicted molar refractivity (Wildman–Crippen MR) is 84.0 cm³/mol. The fraction of sp³-hybridized carbons (Fsp3) is 0.0588. The van der Waals surface area contributed by atoms with Crippen molar-refractivity contribution in [2.75, 3.05) is 0 Å². The monoisotopic (exact) mass is 296 g/mol. The van der Waals surface area contributed by atoms with E-state index in [0.717, 1.165) is 16.9 Å². The molecule has 4 heteroatoms. The zero-order valence-corrected chi connectivity index (χ0v) is 12.2. The number of hydrogen-bond acceptors (Lipinski definition) is 2. The Labute approximate surface area is 127 Å². The number of halogens is 1. The van der Waals surface area contributed by atoms with E-state index in [1.165, 1.54) is 0 Å². The molecule has 1 aromatic heterocycles. The SMILES string of the molecule is CC(=O)c1cc(-c2ccc(Cl)cc2)nn1-c1ccccc1. The maximum Gasteiger partial charge on any atom is 0.178 e. The average molecular weight is 297 g/mol. The topological polar surface area (TPSA) is 34.9 Å². The van der Waals surface area contributed by atoms with Gasteiger partial charge in [-0.05, 0) is 30.3 Å². The molecule has 0 atom stereocenters. The van der Waals surface area contributed by atoms with Crippen molar-refractivity contribution < 1.29 is 4.79 Å². The highest BCUT2D eigenvalue weighted by atomic mass is 35.5. The molecule has 0 saturated heterocycles. The van der Waals surface area contributed by atoms with E-state index >= 15 is 0 Å². The van der Waals surface area contributed by atoms with Gasteiger partial charge in [0.05, 0.1) is 11.4 Å². The Kier molecular flexibility index (Phi) is 3.59. The lowest BCUT2D eigenvalue weighted by atomic mass is 10.1. The Bertz CT molecular complexity index is 776. The largest absolute Gasteiger partial charge is 0.293 e. The Morgan fingerprint density at radius 1 is 1.05 bits per heavy atom. The Balaban J connectivity index is 2.13. The van der Waals surface area contributed by atoms with Crippen LogP contribution in [-0.4, -0.2) is 15.6 Å². The molecule has 0 N–H and O–H groups in total. The fourth-order valence-corrected chi connectivity index (χ4v) is 2.29. The van der Waals surface area contributed by atoms with E-state index in [0.29, 0.717) is 10.7 Å². The summed E-state index contributed by atoms with van der Waals surface area (Å²) in [5.74, 6) is -0.0217. The molecule has 104 valence electrons. The third-order valence-electron chi connectivity index (χ3n) is 3.21. The Morgan fingerprint density at radius 2 is 1.71 bits per heavy atom. The quantitative estimate of drug-likeness (QED) is 0.672. The lowest BCUT2D eigenvalue weighted by Crippen LogP contribution is -2.05.